The fraction of sp³-hybridized carbons (Fsp3) is 0.478. The van der Waals surface area contributed by atoms with Crippen molar-refractivity contribution in [2.24, 2.45) is 5.73 Å². The summed E-state index contributed by atoms with van der Waals surface area (Å²) in [6, 6.07) is 8.96. The molecule has 2 aromatic carbocycles. The van der Waals surface area contributed by atoms with Crippen molar-refractivity contribution in [3.63, 3.8) is 0 Å². The number of ether oxygens (including phenoxy) is 2. The van der Waals surface area contributed by atoms with Gasteiger partial charge in [0.05, 0.1) is 6.10 Å². The van der Waals surface area contributed by atoms with Gasteiger partial charge in [-0.15, -0.1) is 0 Å². The zero-order chi connectivity index (χ0) is 21.7. The number of benzene rings is 2. The van der Waals surface area contributed by atoms with Crippen LogP contribution in [0.1, 0.15) is 37.3 Å². The second-order valence-electron chi connectivity index (χ2n) is 7.67. The van der Waals surface area contributed by atoms with Gasteiger partial charge in [0.25, 0.3) is 0 Å². The van der Waals surface area contributed by atoms with Gasteiger partial charge >= 0.3 is 0 Å². The van der Waals surface area contributed by atoms with Crippen LogP contribution in [0.3, 0.4) is 0 Å². The summed E-state index contributed by atoms with van der Waals surface area (Å²) in [5, 5.41) is 19.2. The molecule has 4 rings (SSSR count). The van der Waals surface area contributed by atoms with Crippen molar-refractivity contribution in [3.05, 3.63) is 59.2 Å². The summed E-state index contributed by atoms with van der Waals surface area (Å²) in [4.78, 5) is 0. The first-order valence-corrected chi connectivity index (χ1v) is 10.4. The zero-order valence-corrected chi connectivity index (χ0v) is 17.1. The molecule has 164 valence electrons. The fourth-order valence-corrected chi connectivity index (χ4v) is 3.71. The molecule has 2 aliphatic rings. The molecule has 0 spiro atoms. The Morgan fingerprint density at radius 3 is 1.80 bits per heavy atom. The van der Waals surface area contributed by atoms with E-state index in [1.807, 2.05) is 6.92 Å². The van der Waals surface area contributed by atoms with Crippen LogP contribution in [0.4, 0.5) is 8.78 Å². The summed E-state index contributed by atoms with van der Waals surface area (Å²) in [7, 11) is 0. The summed E-state index contributed by atoms with van der Waals surface area (Å²) in [6.45, 7) is 2.11. The monoisotopic (exact) mass is 421 g/mol. The maximum atomic E-state index is 12.9. The molecule has 5 nitrogen and oxygen atoms in total. The van der Waals surface area contributed by atoms with E-state index in [0.717, 1.165) is 30.4 Å². The molecule has 2 aliphatic heterocycles. The lowest BCUT2D eigenvalue weighted by Crippen LogP contribution is -2.39. The van der Waals surface area contributed by atoms with Crippen LogP contribution in [0.15, 0.2) is 36.4 Å². The molecular weight excluding hydrogens is 392 g/mol. The van der Waals surface area contributed by atoms with Crippen LogP contribution in [0.5, 0.6) is 11.5 Å². The molecule has 0 amide bonds. The van der Waals surface area contributed by atoms with Crippen molar-refractivity contribution < 1.29 is 28.5 Å². The van der Waals surface area contributed by atoms with Crippen molar-refractivity contribution in [1.82, 2.24) is 0 Å². The second-order valence-corrected chi connectivity index (χ2v) is 7.67. The average molecular weight is 421 g/mol. The Balaban J connectivity index is 0.000000171. The van der Waals surface area contributed by atoms with Crippen molar-refractivity contribution in [2.45, 2.75) is 63.4 Å². The highest BCUT2D eigenvalue weighted by molar-refractivity contribution is 5.36. The molecule has 4 atom stereocenters. The van der Waals surface area contributed by atoms with Crippen LogP contribution in [0.2, 0.25) is 0 Å². The molecular formula is C23H29F2NO4. The molecule has 0 aromatic heterocycles. The van der Waals surface area contributed by atoms with Gasteiger partial charge in [0.1, 0.15) is 41.4 Å². The van der Waals surface area contributed by atoms with Gasteiger partial charge in [-0.3, -0.25) is 0 Å². The number of fused-ring (bicyclic) bond motifs is 2. The molecule has 0 saturated carbocycles. The summed E-state index contributed by atoms with van der Waals surface area (Å²) >= 11 is 0. The van der Waals surface area contributed by atoms with Crippen molar-refractivity contribution in [1.29, 1.82) is 0 Å². The highest BCUT2D eigenvalue weighted by Gasteiger charge is 2.26. The lowest BCUT2D eigenvalue weighted by atomic mass is 9.98. The van der Waals surface area contributed by atoms with E-state index in [2.05, 4.69) is 0 Å². The topological polar surface area (TPSA) is 84.9 Å². The number of rotatable bonds is 4. The minimum absolute atomic E-state index is 0.145. The van der Waals surface area contributed by atoms with E-state index in [-0.39, 0.29) is 30.4 Å². The van der Waals surface area contributed by atoms with Crippen LogP contribution in [0.25, 0.3) is 0 Å². The number of aryl methyl sites for hydroxylation is 2. The minimum Gasteiger partial charge on any atom is -0.487 e. The third-order valence-electron chi connectivity index (χ3n) is 5.52. The molecule has 4 N–H and O–H groups in total. The fourth-order valence-electron chi connectivity index (χ4n) is 3.71. The van der Waals surface area contributed by atoms with E-state index in [1.54, 1.807) is 12.1 Å². The normalized spacial score (nSPS) is 21.7. The predicted octanol–water partition coefficient (Wildman–Crippen LogP) is 3.13. The lowest BCUT2D eigenvalue weighted by molar-refractivity contribution is 0.0219. The zero-order valence-electron chi connectivity index (χ0n) is 17.1. The van der Waals surface area contributed by atoms with Gasteiger partial charge in [-0.1, -0.05) is 6.92 Å². The highest BCUT2D eigenvalue weighted by atomic mass is 19.1. The van der Waals surface area contributed by atoms with Gasteiger partial charge < -0.3 is 25.4 Å². The van der Waals surface area contributed by atoms with E-state index in [1.165, 1.54) is 24.3 Å². The Morgan fingerprint density at radius 1 is 0.900 bits per heavy atom. The van der Waals surface area contributed by atoms with Gasteiger partial charge in [-0.05, 0) is 79.6 Å². The summed E-state index contributed by atoms with van der Waals surface area (Å²) < 4.78 is 37.0. The first kappa shape index (κ1) is 22.5. The minimum atomic E-state index is -0.650. The smallest absolute Gasteiger partial charge is 0.126 e. The van der Waals surface area contributed by atoms with Gasteiger partial charge in [0.2, 0.25) is 0 Å². The van der Waals surface area contributed by atoms with Gasteiger partial charge in [0, 0.05) is 6.54 Å². The van der Waals surface area contributed by atoms with Gasteiger partial charge in [-0.2, -0.15) is 0 Å². The van der Waals surface area contributed by atoms with Crippen molar-refractivity contribution >= 4 is 0 Å². The number of aliphatic hydroxyl groups excluding tert-OH is 2. The maximum absolute atomic E-state index is 12.9. The van der Waals surface area contributed by atoms with Gasteiger partial charge in [-0.25, -0.2) is 8.78 Å². The van der Waals surface area contributed by atoms with Crippen LogP contribution >= 0.6 is 0 Å². The molecule has 0 saturated heterocycles. The molecule has 4 unspecified atom stereocenters. The lowest BCUT2D eigenvalue weighted by Gasteiger charge is -2.29. The number of hydrogen-bond acceptors (Lipinski definition) is 5. The first-order chi connectivity index (χ1) is 14.4. The molecule has 2 heterocycles. The van der Waals surface area contributed by atoms with Crippen molar-refractivity contribution in [3.8, 4) is 11.5 Å². The SMILES string of the molecule is CCC(O)C1CCc2cc(F)ccc2O1.NCC(O)C1CCc2cc(F)ccc2O1. The van der Waals surface area contributed by atoms with Crippen LogP contribution in [-0.4, -0.2) is 41.2 Å². The predicted molar refractivity (Wildman–Crippen MR) is 110 cm³/mol. The molecule has 0 fully saturated rings. The van der Waals surface area contributed by atoms with Gasteiger partial charge in [0.15, 0.2) is 0 Å². The largest absolute Gasteiger partial charge is 0.487 e. The number of nitrogens with two attached hydrogens (primary N) is 1. The van der Waals surface area contributed by atoms with Crippen LogP contribution in [0, 0.1) is 11.6 Å². The third-order valence-corrected chi connectivity index (χ3v) is 5.52. The maximum Gasteiger partial charge on any atom is 0.126 e. The molecule has 0 radical (unpaired) electrons. The van der Waals surface area contributed by atoms with E-state index < -0.39 is 12.2 Å². The average Bonchev–Trinajstić information content (AvgIpc) is 2.77. The standard InChI is InChI=1S/C12H15FO2.C11H14FNO2/c1-2-10(14)12-5-3-8-7-9(13)4-6-11(8)15-12;12-8-2-4-10-7(5-8)1-3-11(15-10)9(14)6-13/h4,6-7,10,12,14H,2-3,5H2,1H3;2,4-5,9,11,14H,1,3,6,13H2. The molecule has 30 heavy (non-hydrogen) atoms. The van der Waals surface area contributed by atoms with E-state index >= 15 is 0 Å². The van der Waals surface area contributed by atoms with E-state index in [9.17, 15) is 19.0 Å². The summed E-state index contributed by atoms with van der Waals surface area (Å²) in [6.07, 6.45) is 2.11. The third kappa shape index (κ3) is 5.47. The Kier molecular flexibility index (Phi) is 7.64. The highest BCUT2D eigenvalue weighted by Crippen LogP contribution is 2.30. The number of halogens is 2. The number of hydrogen-bond donors (Lipinski definition) is 3. The van der Waals surface area contributed by atoms with E-state index in [0.29, 0.717) is 24.3 Å². The quantitative estimate of drug-likeness (QED) is 0.706. The van der Waals surface area contributed by atoms with Crippen LogP contribution < -0.4 is 15.2 Å². The first-order valence-electron chi connectivity index (χ1n) is 10.4. The summed E-state index contributed by atoms with van der Waals surface area (Å²) in [5.74, 6) is 0.877. The Labute approximate surface area is 175 Å². The van der Waals surface area contributed by atoms with Crippen LogP contribution in [-0.2, 0) is 12.8 Å². The second kappa shape index (κ2) is 10.2. The Hall–Kier alpha value is -2.22. The number of aliphatic hydroxyl groups is 2. The Bertz CT molecular complexity index is 778. The molecule has 7 heteroatoms. The summed E-state index contributed by atoms with van der Waals surface area (Å²) in [5.41, 5.74) is 7.11. The molecule has 2 aromatic rings. The van der Waals surface area contributed by atoms with E-state index in [4.69, 9.17) is 15.2 Å². The van der Waals surface area contributed by atoms with Crippen molar-refractivity contribution in [2.75, 3.05) is 6.54 Å². The Morgan fingerprint density at radius 2 is 1.37 bits per heavy atom. The molecule has 0 bridgehead atoms. The molecule has 0 aliphatic carbocycles.